The highest BCUT2D eigenvalue weighted by atomic mass is 16.5. The van der Waals surface area contributed by atoms with Crippen LogP contribution in [0.1, 0.15) is 47.1 Å². The quantitative estimate of drug-likeness (QED) is 0.619. The Balaban J connectivity index is 1.67. The lowest BCUT2D eigenvalue weighted by molar-refractivity contribution is -0.116. The molecule has 5 rings (SSSR count). The van der Waals surface area contributed by atoms with Gasteiger partial charge in [-0.25, -0.2) is 0 Å². The molecule has 2 aromatic carbocycles. The number of phenolic OH excluding ortho intramolecular Hbond substituents is 1. The van der Waals surface area contributed by atoms with E-state index in [2.05, 4.69) is 22.6 Å². The Morgan fingerprint density at radius 1 is 1.06 bits per heavy atom. The first kappa shape index (κ1) is 20.2. The zero-order chi connectivity index (χ0) is 22.4. The number of benzene rings is 2. The van der Waals surface area contributed by atoms with Crippen molar-refractivity contribution in [3.63, 3.8) is 0 Å². The van der Waals surface area contributed by atoms with Crippen molar-refractivity contribution >= 4 is 11.7 Å². The third-order valence-electron chi connectivity index (χ3n) is 6.36. The molecule has 2 heterocycles. The number of anilines is 1. The number of carbonyl (C=O) groups excluding carboxylic acids is 1. The monoisotopic (exact) mass is 432 g/mol. The van der Waals surface area contributed by atoms with Crippen LogP contribution in [0.2, 0.25) is 0 Å². The van der Waals surface area contributed by atoms with E-state index in [0.29, 0.717) is 30.0 Å². The van der Waals surface area contributed by atoms with Gasteiger partial charge in [-0.2, -0.15) is 0 Å². The number of hydrogen-bond donors (Lipinski definition) is 2. The van der Waals surface area contributed by atoms with Crippen LogP contribution in [0.3, 0.4) is 0 Å². The van der Waals surface area contributed by atoms with Crippen molar-refractivity contribution in [3.05, 3.63) is 76.1 Å². The van der Waals surface area contributed by atoms with Crippen LogP contribution in [-0.2, 0) is 4.79 Å². The van der Waals surface area contributed by atoms with E-state index in [-0.39, 0.29) is 28.9 Å². The number of aromatic hydroxyl groups is 1. The van der Waals surface area contributed by atoms with Gasteiger partial charge >= 0.3 is 0 Å². The molecule has 32 heavy (non-hydrogen) atoms. The predicted octanol–water partition coefficient (Wildman–Crippen LogP) is 4.66. The number of fused-ring (bicyclic) bond motifs is 1. The van der Waals surface area contributed by atoms with Crippen LogP contribution in [0.15, 0.2) is 58.3 Å². The zero-order valence-electron chi connectivity index (χ0n) is 18.1. The van der Waals surface area contributed by atoms with Gasteiger partial charge in [-0.15, -0.1) is 0 Å². The summed E-state index contributed by atoms with van der Waals surface area (Å²) in [5.74, 6) is 0.782. The summed E-state index contributed by atoms with van der Waals surface area (Å²) in [6, 6.07) is 13.6. The molecule has 0 saturated carbocycles. The van der Waals surface area contributed by atoms with Crippen LogP contribution in [0.4, 0.5) is 5.88 Å². The SMILES string of the molecule is COc1cc(C2C3=C(CC(c4ccccc4)CC3=O)Nc3onc(C)c32)cc(OC)c1O. The number of Topliss-reactive ketones (excluding diaryl/α,β-unsaturated/α-hetero) is 1. The molecule has 1 aromatic heterocycles. The van der Waals surface area contributed by atoms with E-state index in [1.165, 1.54) is 14.2 Å². The zero-order valence-corrected chi connectivity index (χ0v) is 18.1. The van der Waals surface area contributed by atoms with Crippen molar-refractivity contribution in [1.82, 2.24) is 5.16 Å². The topological polar surface area (TPSA) is 93.8 Å². The number of methoxy groups -OCH3 is 2. The summed E-state index contributed by atoms with van der Waals surface area (Å²) in [5.41, 5.74) is 4.96. The summed E-state index contributed by atoms with van der Waals surface area (Å²) in [7, 11) is 2.97. The van der Waals surface area contributed by atoms with E-state index in [4.69, 9.17) is 14.0 Å². The maximum absolute atomic E-state index is 13.6. The van der Waals surface area contributed by atoms with Crippen molar-refractivity contribution in [2.75, 3.05) is 19.5 Å². The van der Waals surface area contributed by atoms with Gasteiger partial charge in [0.2, 0.25) is 11.6 Å². The maximum Gasteiger partial charge on any atom is 0.233 e. The molecule has 0 saturated heterocycles. The molecule has 0 amide bonds. The lowest BCUT2D eigenvalue weighted by atomic mass is 9.72. The van der Waals surface area contributed by atoms with Crippen LogP contribution >= 0.6 is 0 Å². The first-order chi connectivity index (χ1) is 15.5. The molecule has 2 N–H and O–H groups in total. The second kappa shape index (κ2) is 7.75. The van der Waals surface area contributed by atoms with Gasteiger partial charge < -0.3 is 24.4 Å². The lowest BCUT2D eigenvalue weighted by Crippen LogP contribution is -2.29. The number of aromatic nitrogens is 1. The van der Waals surface area contributed by atoms with Gasteiger partial charge in [0.25, 0.3) is 0 Å². The molecule has 0 fully saturated rings. The van der Waals surface area contributed by atoms with Crippen molar-refractivity contribution in [3.8, 4) is 17.2 Å². The number of rotatable bonds is 4. The summed E-state index contributed by atoms with van der Waals surface area (Å²) < 4.78 is 16.3. The molecule has 1 aliphatic heterocycles. The van der Waals surface area contributed by atoms with Crippen LogP contribution in [0.5, 0.6) is 17.2 Å². The highest BCUT2D eigenvalue weighted by molar-refractivity contribution is 6.01. The van der Waals surface area contributed by atoms with Crippen molar-refractivity contribution in [2.45, 2.75) is 31.6 Å². The summed E-state index contributed by atoms with van der Waals surface area (Å²) in [5, 5.41) is 17.9. The average Bonchev–Trinajstić information content (AvgIpc) is 3.18. The van der Waals surface area contributed by atoms with Crippen LogP contribution in [-0.4, -0.2) is 30.3 Å². The Labute approximate surface area is 185 Å². The van der Waals surface area contributed by atoms with E-state index >= 15 is 0 Å². The highest BCUT2D eigenvalue weighted by Crippen LogP contribution is 2.51. The number of aryl methyl sites for hydroxylation is 1. The van der Waals surface area contributed by atoms with Gasteiger partial charge in [0, 0.05) is 23.6 Å². The van der Waals surface area contributed by atoms with Gasteiger partial charge in [-0.05, 0) is 42.5 Å². The number of hydrogen-bond acceptors (Lipinski definition) is 7. The van der Waals surface area contributed by atoms with Crippen molar-refractivity contribution in [1.29, 1.82) is 0 Å². The van der Waals surface area contributed by atoms with E-state index in [1.807, 2.05) is 25.1 Å². The minimum atomic E-state index is -0.403. The average molecular weight is 432 g/mol. The minimum Gasteiger partial charge on any atom is -0.502 e. The molecular weight excluding hydrogens is 408 g/mol. The molecule has 1 aliphatic carbocycles. The predicted molar refractivity (Wildman–Crippen MR) is 118 cm³/mol. The Morgan fingerprint density at radius 3 is 2.41 bits per heavy atom. The number of allylic oxidation sites excluding steroid dienone is 2. The Kier molecular flexibility index (Phi) is 4.89. The number of nitrogens with one attached hydrogen (secondary N) is 1. The third-order valence-corrected chi connectivity index (χ3v) is 6.36. The van der Waals surface area contributed by atoms with Gasteiger partial charge in [0.05, 0.1) is 25.5 Å². The van der Waals surface area contributed by atoms with Gasteiger partial charge in [-0.1, -0.05) is 35.5 Å². The fraction of sp³-hybridized carbons (Fsp3) is 0.280. The molecular formula is C25H24N2O5. The number of ether oxygens (including phenoxy) is 2. The van der Waals surface area contributed by atoms with Crippen LogP contribution < -0.4 is 14.8 Å². The van der Waals surface area contributed by atoms with Crippen molar-refractivity contribution < 1.29 is 23.9 Å². The molecule has 7 nitrogen and oxygen atoms in total. The second-order valence-corrected chi connectivity index (χ2v) is 8.17. The normalized spacial score (nSPS) is 19.8. The van der Waals surface area contributed by atoms with Crippen LogP contribution in [0.25, 0.3) is 0 Å². The first-order valence-corrected chi connectivity index (χ1v) is 10.5. The molecule has 0 bridgehead atoms. The Hall–Kier alpha value is -3.74. The number of phenols is 1. The van der Waals surface area contributed by atoms with Gasteiger partial charge in [0.1, 0.15) is 0 Å². The molecule has 3 aromatic rings. The Morgan fingerprint density at radius 2 is 1.75 bits per heavy atom. The molecule has 7 heteroatoms. The summed E-state index contributed by atoms with van der Waals surface area (Å²) >= 11 is 0. The van der Waals surface area contributed by atoms with Crippen molar-refractivity contribution in [2.24, 2.45) is 0 Å². The first-order valence-electron chi connectivity index (χ1n) is 10.5. The Bertz CT molecular complexity index is 1200. The highest BCUT2D eigenvalue weighted by Gasteiger charge is 2.41. The van der Waals surface area contributed by atoms with E-state index < -0.39 is 5.92 Å². The summed E-state index contributed by atoms with van der Waals surface area (Å²) in [4.78, 5) is 13.6. The molecule has 0 spiro atoms. The maximum atomic E-state index is 13.6. The second-order valence-electron chi connectivity index (χ2n) is 8.17. The van der Waals surface area contributed by atoms with E-state index in [1.54, 1.807) is 12.1 Å². The standard InChI is InChI=1S/C25H24N2O5/c1-13-21-22(16-11-19(30-2)24(29)20(12-16)31-3)23-17(26-25(21)32-27-13)9-15(10-18(23)28)14-7-5-4-6-8-14/h4-8,11-12,15,22,26,29H,9-10H2,1-3H3. The van der Waals surface area contributed by atoms with E-state index in [9.17, 15) is 9.90 Å². The summed E-state index contributed by atoms with van der Waals surface area (Å²) in [6.45, 7) is 1.86. The molecule has 0 radical (unpaired) electrons. The lowest BCUT2D eigenvalue weighted by Gasteiger charge is -2.34. The molecule has 2 atom stereocenters. The largest absolute Gasteiger partial charge is 0.502 e. The fourth-order valence-corrected chi connectivity index (χ4v) is 4.85. The minimum absolute atomic E-state index is 0.0786. The van der Waals surface area contributed by atoms with Gasteiger partial charge in [-0.3, -0.25) is 4.79 Å². The fourth-order valence-electron chi connectivity index (χ4n) is 4.85. The molecule has 2 aliphatic rings. The number of nitrogens with zero attached hydrogens (tertiary/aromatic N) is 1. The smallest absolute Gasteiger partial charge is 0.233 e. The number of carbonyl (C=O) groups is 1. The molecule has 2 unspecified atom stereocenters. The molecule has 164 valence electrons. The van der Waals surface area contributed by atoms with Gasteiger partial charge in [0.15, 0.2) is 17.3 Å². The third kappa shape index (κ3) is 3.12. The van der Waals surface area contributed by atoms with E-state index in [0.717, 1.165) is 22.4 Å². The van der Waals surface area contributed by atoms with Crippen LogP contribution in [0, 0.1) is 6.92 Å². The number of ketones is 1. The summed E-state index contributed by atoms with van der Waals surface area (Å²) in [6.07, 6.45) is 1.11.